The van der Waals surface area contributed by atoms with Crippen LogP contribution in [0.3, 0.4) is 0 Å². The summed E-state index contributed by atoms with van der Waals surface area (Å²) in [4.78, 5) is 12.9. The van der Waals surface area contributed by atoms with Crippen molar-refractivity contribution in [2.75, 3.05) is 32.1 Å². The van der Waals surface area contributed by atoms with Gasteiger partial charge in [-0.25, -0.2) is 9.97 Å². The number of aromatic nitrogens is 2. The van der Waals surface area contributed by atoms with Crippen LogP contribution < -0.4 is 4.90 Å². The van der Waals surface area contributed by atoms with Crippen LogP contribution in [0.25, 0.3) is 0 Å². The van der Waals surface area contributed by atoms with Crippen molar-refractivity contribution >= 4 is 5.95 Å². The Morgan fingerprint density at radius 2 is 2.21 bits per heavy atom. The zero-order chi connectivity index (χ0) is 14.0. The van der Waals surface area contributed by atoms with Gasteiger partial charge in [0.2, 0.25) is 5.95 Å². The standard InChI is InChI=1S/C13H22N4O2/c1-9-10(8-18)5-14-13(15-9)17-7-12(19)4-11(17)6-16(2)3/h5,11-12,18-19H,4,6-8H2,1-3H3. The number of β-amino-alcohol motifs (C(OH)–C–C–N with tert-alkyl or cyclic N) is 1. The van der Waals surface area contributed by atoms with Crippen LogP contribution in [0.1, 0.15) is 17.7 Å². The van der Waals surface area contributed by atoms with Gasteiger partial charge in [-0.3, -0.25) is 0 Å². The third-order valence-electron chi connectivity index (χ3n) is 3.46. The van der Waals surface area contributed by atoms with Gasteiger partial charge >= 0.3 is 0 Å². The minimum absolute atomic E-state index is 0.0458. The predicted octanol–water partition coefficient (Wildman–Crippen LogP) is -0.221. The molecule has 2 heterocycles. The zero-order valence-electron chi connectivity index (χ0n) is 11.7. The fraction of sp³-hybridized carbons (Fsp3) is 0.692. The number of hydrogen-bond acceptors (Lipinski definition) is 6. The number of anilines is 1. The minimum atomic E-state index is -0.327. The van der Waals surface area contributed by atoms with Crippen molar-refractivity contribution in [2.45, 2.75) is 32.1 Å². The number of aryl methyl sites for hydroxylation is 1. The molecule has 6 nitrogen and oxygen atoms in total. The highest BCUT2D eigenvalue weighted by molar-refractivity contribution is 5.36. The van der Waals surface area contributed by atoms with Crippen molar-refractivity contribution in [2.24, 2.45) is 0 Å². The number of likely N-dealkylation sites (N-methyl/N-ethyl adjacent to an activating group) is 1. The summed E-state index contributed by atoms with van der Waals surface area (Å²) in [7, 11) is 4.04. The monoisotopic (exact) mass is 266 g/mol. The van der Waals surface area contributed by atoms with Gasteiger partial charge in [0.25, 0.3) is 0 Å². The van der Waals surface area contributed by atoms with E-state index in [0.29, 0.717) is 12.5 Å². The van der Waals surface area contributed by atoms with E-state index in [-0.39, 0.29) is 18.8 Å². The maximum atomic E-state index is 9.86. The van der Waals surface area contributed by atoms with Gasteiger partial charge < -0.3 is 20.0 Å². The highest BCUT2D eigenvalue weighted by Crippen LogP contribution is 2.23. The predicted molar refractivity (Wildman–Crippen MR) is 73.0 cm³/mol. The molecule has 1 aliphatic rings. The molecule has 2 N–H and O–H groups in total. The number of aliphatic hydroxyl groups is 2. The van der Waals surface area contributed by atoms with Crippen molar-refractivity contribution in [1.29, 1.82) is 0 Å². The van der Waals surface area contributed by atoms with E-state index in [2.05, 4.69) is 19.8 Å². The highest BCUT2D eigenvalue weighted by atomic mass is 16.3. The van der Waals surface area contributed by atoms with E-state index in [1.807, 2.05) is 21.0 Å². The molecule has 0 spiro atoms. The molecule has 0 aromatic carbocycles. The fourth-order valence-corrected chi connectivity index (χ4v) is 2.50. The van der Waals surface area contributed by atoms with Gasteiger partial charge in [0.1, 0.15) is 0 Å². The van der Waals surface area contributed by atoms with Gasteiger partial charge in [-0.1, -0.05) is 0 Å². The lowest BCUT2D eigenvalue weighted by Gasteiger charge is -2.27. The molecule has 1 aromatic heterocycles. The van der Waals surface area contributed by atoms with E-state index < -0.39 is 0 Å². The first-order chi connectivity index (χ1) is 9.01. The third-order valence-corrected chi connectivity index (χ3v) is 3.46. The molecule has 6 heteroatoms. The molecule has 2 unspecified atom stereocenters. The lowest BCUT2D eigenvalue weighted by molar-refractivity contribution is 0.191. The van der Waals surface area contributed by atoms with Gasteiger partial charge in [-0.05, 0) is 27.4 Å². The lowest BCUT2D eigenvalue weighted by atomic mass is 10.2. The zero-order valence-corrected chi connectivity index (χ0v) is 11.7. The van der Waals surface area contributed by atoms with Crippen LogP contribution >= 0.6 is 0 Å². The molecule has 106 valence electrons. The number of hydrogen-bond donors (Lipinski definition) is 2. The van der Waals surface area contributed by atoms with E-state index in [0.717, 1.165) is 24.2 Å². The van der Waals surface area contributed by atoms with Gasteiger partial charge in [-0.2, -0.15) is 0 Å². The molecule has 0 amide bonds. The van der Waals surface area contributed by atoms with Gasteiger partial charge in [0.15, 0.2) is 0 Å². The van der Waals surface area contributed by atoms with Crippen LogP contribution in [-0.2, 0) is 6.61 Å². The molecule has 0 bridgehead atoms. The number of nitrogens with zero attached hydrogens (tertiary/aromatic N) is 4. The van der Waals surface area contributed by atoms with Crippen LogP contribution in [0, 0.1) is 6.92 Å². The maximum absolute atomic E-state index is 9.86. The average molecular weight is 266 g/mol. The van der Waals surface area contributed by atoms with Crippen LogP contribution in [-0.4, -0.2) is 64.4 Å². The van der Waals surface area contributed by atoms with E-state index in [1.165, 1.54) is 0 Å². The molecule has 2 atom stereocenters. The summed E-state index contributed by atoms with van der Waals surface area (Å²) in [6.07, 6.45) is 2.07. The number of aliphatic hydroxyl groups excluding tert-OH is 2. The van der Waals surface area contributed by atoms with E-state index >= 15 is 0 Å². The van der Waals surface area contributed by atoms with Crippen molar-refractivity contribution in [1.82, 2.24) is 14.9 Å². The molecule has 1 aromatic rings. The Morgan fingerprint density at radius 3 is 2.79 bits per heavy atom. The first-order valence-corrected chi connectivity index (χ1v) is 6.54. The molecule has 1 aliphatic heterocycles. The van der Waals surface area contributed by atoms with Gasteiger partial charge in [0, 0.05) is 36.6 Å². The first kappa shape index (κ1) is 14.2. The third kappa shape index (κ3) is 3.20. The molecule has 2 rings (SSSR count). The fourth-order valence-electron chi connectivity index (χ4n) is 2.50. The Kier molecular flexibility index (Phi) is 4.34. The topological polar surface area (TPSA) is 72.7 Å². The second kappa shape index (κ2) is 5.81. The normalized spacial score (nSPS) is 23.4. The maximum Gasteiger partial charge on any atom is 0.225 e. The van der Waals surface area contributed by atoms with Crippen molar-refractivity contribution in [3.63, 3.8) is 0 Å². The molecule has 1 saturated heterocycles. The summed E-state index contributed by atoms with van der Waals surface area (Å²) in [6, 6.07) is 0.226. The molecule has 19 heavy (non-hydrogen) atoms. The summed E-state index contributed by atoms with van der Waals surface area (Å²) >= 11 is 0. The molecular formula is C13H22N4O2. The smallest absolute Gasteiger partial charge is 0.225 e. The van der Waals surface area contributed by atoms with Crippen LogP contribution in [0.2, 0.25) is 0 Å². The Bertz CT molecular complexity index is 439. The Labute approximate surface area is 113 Å². The van der Waals surface area contributed by atoms with Crippen molar-refractivity contribution in [3.05, 3.63) is 17.5 Å². The summed E-state index contributed by atoms with van der Waals surface area (Å²) in [5.41, 5.74) is 1.53. The van der Waals surface area contributed by atoms with Crippen molar-refractivity contribution < 1.29 is 10.2 Å². The second-order valence-corrected chi connectivity index (χ2v) is 5.40. The van der Waals surface area contributed by atoms with Crippen molar-refractivity contribution in [3.8, 4) is 0 Å². The van der Waals surface area contributed by atoms with E-state index in [4.69, 9.17) is 5.11 Å². The Balaban J connectivity index is 2.21. The SMILES string of the molecule is Cc1nc(N2CC(O)CC2CN(C)C)ncc1CO. The number of rotatable bonds is 4. The van der Waals surface area contributed by atoms with Crippen LogP contribution in [0.5, 0.6) is 0 Å². The van der Waals surface area contributed by atoms with Gasteiger partial charge in [0.05, 0.1) is 12.7 Å². The molecule has 1 fully saturated rings. The van der Waals surface area contributed by atoms with Crippen LogP contribution in [0.4, 0.5) is 5.95 Å². The molecule has 0 saturated carbocycles. The van der Waals surface area contributed by atoms with Crippen LogP contribution in [0.15, 0.2) is 6.20 Å². The summed E-state index contributed by atoms with van der Waals surface area (Å²) in [5.74, 6) is 0.637. The Hall–Kier alpha value is -1.24. The molecule has 0 aliphatic carbocycles. The summed E-state index contributed by atoms with van der Waals surface area (Å²) < 4.78 is 0. The average Bonchev–Trinajstić information content (AvgIpc) is 2.69. The first-order valence-electron chi connectivity index (χ1n) is 6.54. The largest absolute Gasteiger partial charge is 0.392 e. The summed E-state index contributed by atoms with van der Waals surface area (Å²) in [6.45, 7) is 3.25. The summed E-state index contributed by atoms with van der Waals surface area (Å²) in [5, 5.41) is 19.0. The molecule has 0 radical (unpaired) electrons. The quantitative estimate of drug-likeness (QED) is 0.785. The molecular weight excluding hydrogens is 244 g/mol. The van der Waals surface area contributed by atoms with E-state index in [9.17, 15) is 5.11 Å². The highest BCUT2D eigenvalue weighted by Gasteiger charge is 2.32. The van der Waals surface area contributed by atoms with Gasteiger partial charge in [-0.15, -0.1) is 0 Å². The second-order valence-electron chi connectivity index (χ2n) is 5.40. The minimum Gasteiger partial charge on any atom is -0.392 e. The van der Waals surface area contributed by atoms with E-state index in [1.54, 1.807) is 6.20 Å². The Morgan fingerprint density at radius 1 is 1.47 bits per heavy atom. The lowest BCUT2D eigenvalue weighted by Crippen LogP contribution is -2.38.